The molecule has 0 unspecified atom stereocenters. The third-order valence-corrected chi connectivity index (χ3v) is 5.97. The summed E-state index contributed by atoms with van der Waals surface area (Å²) in [5.74, 6) is 0. The molecular formula is C21H22N2O4S. The molecule has 0 aromatic heterocycles. The van der Waals surface area contributed by atoms with E-state index in [4.69, 9.17) is 5.73 Å². The molecule has 0 aliphatic heterocycles. The van der Waals surface area contributed by atoms with Crippen molar-refractivity contribution in [2.24, 2.45) is 5.73 Å². The topological polar surface area (TPSA) is 101 Å². The summed E-state index contributed by atoms with van der Waals surface area (Å²) in [6.45, 7) is 2.09. The number of hydrogen-bond donors (Lipinski definition) is 2. The van der Waals surface area contributed by atoms with Crippen molar-refractivity contribution in [3.05, 3.63) is 70.8 Å². The molecule has 146 valence electrons. The van der Waals surface area contributed by atoms with Gasteiger partial charge in [-0.25, -0.2) is 18.3 Å². The maximum Gasteiger partial charge on any atom is 0.338 e. The summed E-state index contributed by atoms with van der Waals surface area (Å²) in [6.07, 6.45) is 3.60. The van der Waals surface area contributed by atoms with E-state index in [0.29, 0.717) is 11.5 Å². The molecule has 3 N–H and O–H groups in total. The molecule has 0 bridgehead atoms. The van der Waals surface area contributed by atoms with E-state index in [2.05, 4.69) is 0 Å². The molecule has 1 aliphatic rings. The second-order valence-corrected chi connectivity index (χ2v) is 8.78. The lowest BCUT2D eigenvalue weighted by atomic mass is 9.98. The maximum atomic E-state index is 11.7. The first-order valence-corrected chi connectivity index (χ1v) is 10.6. The zero-order valence-electron chi connectivity index (χ0n) is 15.7. The van der Waals surface area contributed by atoms with E-state index in [1.807, 2.05) is 37.3 Å². The molecule has 0 atom stereocenters. The van der Waals surface area contributed by atoms with Gasteiger partial charge in [-0.3, -0.25) is 5.21 Å². The highest BCUT2D eigenvalue weighted by atomic mass is 32.2. The van der Waals surface area contributed by atoms with Crippen molar-refractivity contribution in [1.82, 2.24) is 5.06 Å². The van der Waals surface area contributed by atoms with E-state index >= 15 is 0 Å². The molecule has 1 aliphatic carbocycles. The molecule has 28 heavy (non-hydrogen) atoms. The largest absolute Gasteiger partial charge is 0.350 e. The van der Waals surface area contributed by atoms with Crippen molar-refractivity contribution < 1.29 is 18.4 Å². The Balaban J connectivity index is 2.00. The van der Waals surface area contributed by atoms with Crippen molar-refractivity contribution >= 4 is 33.1 Å². The highest BCUT2D eigenvalue weighted by Crippen LogP contribution is 2.43. The van der Waals surface area contributed by atoms with E-state index in [1.165, 1.54) is 6.26 Å². The maximum absolute atomic E-state index is 11.7. The first-order valence-electron chi connectivity index (χ1n) is 8.76. The third-order valence-electron chi connectivity index (χ3n) is 4.85. The molecule has 6 nitrogen and oxygen atoms in total. The van der Waals surface area contributed by atoms with Crippen molar-refractivity contribution in [3.63, 3.8) is 0 Å². The minimum Gasteiger partial charge on any atom is -0.350 e. The Kier molecular flexibility index (Phi) is 5.40. The number of hydroxylamine groups is 2. The Bertz CT molecular complexity index is 1080. The number of sulfone groups is 1. The average molecular weight is 398 g/mol. The molecule has 0 fully saturated rings. The predicted octanol–water partition coefficient (Wildman–Crippen LogP) is 3.58. The van der Waals surface area contributed by atoms with Gasteiger partial charge < -0.3 is 5.73 Å². The third kappa shape index (κ3) is 4.00. The number of fused-ring (bicyclic) bond motifs is 1. The van der Waals surface area contributed by atoms with Crippen LogP contribution in [0.2, 0.25) is 0 Å². The molecule has 0 saturated heterocycles. The molecule has 2 aromatic rings. The van der Waals surface area contributed by atoms with Gasteiger partial charge >= 0.3 is 6.03 Å². The molecule has 2 aromatic carbocycles. The highest BCUT2D eigenvalue weighted by molar-refractivity contribution is 7.90. The van der Waals surface area contributed by atoms with Gasteiger partial charge in [0.25, 0.3) is 0 Å². The number of benzene rings is 2. The van der Waals surface area contributed by atoms with Crippen molar-refractivity contribution in [2.75, 3.05) is 12.8 Å². The van der Waals surface area contributed by atoms with Gasteiger partial charge in [-0.2, -0.15) is 0 Å². The minimum atomic E-state index is -3.25. The van der Waals surface area contributed by atoms with Gasteiger partial charge in [0.2, 0.25) is 0 Å². The summed E-state index contributed by atoms with van der Waals surface area (Å²) >= 11 is 0. The number of primary amides is 1. The number of carbonyl (C=O) groups excluding carboxylic acids is 1. The molecule has 0 spiro atoms. The Morgan fingerprint density at radius 3 is 2.29 bits per heavy atom. The average Bonchev–Trinajstić information content (AvgIpc) is 2.91. The summed E-state index contributed by atoms with van der Waals surface area (Å²) in [4.78, 5) is 11.4. The van der Waals surface area contributed by atoms with E-state index in [9.17, 15) is 18.4 Å². The van der Waals surface area contributed by atoms with Gasteiger partial charge in [0.05, 0.1) is 11.4 Å². The van der Waals surface area contributed by atoms with Crippen molar-refractivity contribution in [3.8, 4) is 0 Å². The van der Waals surface area contributed by atoms with Crippen LogP contribution in [0.4, 0.5) is 4.79 Å². The zero-order valence-corrected chi connectivity index (χ0v) is 16.5. The molecule has 0 saturated carbocycles. The first-order chi connectivity index (χ1) is 13.2. The molecule has 0 radical (unpaired) electrons. The molecule has 3 rings (SSSR count). The summed E-state index contributed by atoms with van der Waals surface area (Å²) < 4.78 is 23.3. The lowest BCUT2D eigenvalue weighted by molar-refractivity contribution is -0.0379. The summed E-state index contributed by atoms with van der Waals surface area (Å²) in [7, 11) is -3.25. The van der Waals surface area contributed by atoms with Crippen LogP contribution in [0.3, 0.4) is 0 Å². The van der Waals surface area contributed by atoms with Crippen LogP contribution in [0, 0.1) is 0 Å². The summed E-state index contributed by atoms with van der Waals surface area (Å²) in [5, 5.41) is 10.1. The van der Waals surface area contributed by atoms with E-state index in [1.54, 1.807) is 24.3 Å². The van der Waals surface area contributed by atoms with Gasteiger partial charge in [0.15, 0.2) is 9.84 Å². The van der Waals surface area contributed by atoms with Gasteiger partial charge in [0.1, 0.15) is 0 Å². The lowest BCUT2D eigenvalue weighted by Crippen LogP contribution is -2.33. The fourth-order valence-electron chi connectivity index (χ4n) is 3.36. The van der Waals surface area contributed by atoms with Crippen LogP contribution in [-0.2, 0) is 9.84 Å². The van der Waals surface area contributed by atoms with E-state index < -0.39 is 15.9 Å². The van der Waals surface area contributed by atoms with Crippen LogP contribution in [0.1, 0.15) is 30.0 Å². The van der Waals surface area contributed by atoms with Gasteiger partial charge in [-0.05, 0) is 65.0 Å². The Morgan fingerprint density at radius 1 is 1.11 bits per heavy atom. The van der Waals surface area contributed by atoms with Crippen LogP contribution in [0.5, 0.6) is 0 Å². The van der Waals surface area contributed by atoms with Crippen molar-refractivity contribution in [2.45, 2.75) is 18.2 Å². The van der Waals surface area contributed by atoms with Crippen LogP contribution in [0.15, 0.2) is 59.0 Å². The number of hydrogen-bond acceptors (Lipinski definition) is 4. The second kappa shape index (κ2) is 7.61. The Labute approximate surface area is 164 Å². The number of amides is 2. The predicted molar refractivity (Wildman–Crippen MR) is 109 cm³/mol. The van der Waals surface area contributed by atoms with Crippen LogP contribution >= 0.6 is 0 Å². The number of nitrogens with two attached hydrogens (primary N) is 1. The molecule has 2 amide bonds. The normalized spacial score (nSPS) is 15.0. The monoisotopic (exact) mass is 398 g/mol. The lowest BCUT2D eigenvalue weighted by Gasteiger charge is -2.14. The van der Waals surface area contributed by atoms with Crippen LogP contribution < -0.4 is 5.73 Å². The zero-order chi connectivity index (χ0) is 20.5. The Morgan fingerprint density at radius 2 is 1.71 bits per heavy atom. The number of rotatable bonds is 5. The Hall–Kier alpha value is -2.90. The van der Waals surface area contributed by atoms with Crippen molar-refractivity contribution in [1.29, 1.82) is 0 Å². The summed E-state index contributed by atoms with van der Waals surface area (Å²) in [6, 6.07) is 13.8. The molecule has 7 heteroatoms. The molecular weight excluding hydrogens is 376 g/mol. The first kappa shape index (κ1) is 19.9. The van der Waals surface area contributed by atoms with E-state index in [0.717, 1.165) is 33.4 Å². The number of nitrogens with zero attached hydrogens (tertiary/aromatic N) is 1. The SMILES string of the molecule is CC1=C(CCN(O)C(N)=O)C(=Cc2ccc(S(C)(=O)=O)cc2)c2ccccc21. The van der Waals surface area contributed by atoms with Crippen LogP contribution in [-0.4, -0.2) is 37.5 Å². The van der Waals surface area contributed by atoms with Gasteiger partial charge in [0, 0.05) is 6.26 Å². The van der Waals surface area contributed by atoms with Crippen LogP contribution in [0.25, 0.3) is 17.2 Å². The standard InChI is InChI=1S/C21H22N2O4S/c1-14-17-5-3-4-6-19(17)20(18(14)11-12-23(25)21(22)24)13-15-7-9-16(10-8-15)28(2,26)27/h3-10,13,25H,11-12H2,1-2H3,(H2,22,24). The highest BCUT2D eigenvalue weighted by Gasteiger charge is 2.24. The smallest absolute Gasteiger partial charge is 0.338 e. The van der Waals surface area contributed by atoms with Gasteiger partial charge in [-0.15, -0.1) is 0 Å². The fraction of sp³-hybridized carbons (Fsp3) is 0.190. The fourth-order valence-corrected chi connectivity index (χ4v) is 4.00. The second-order valence-electron chi connectivity index (χ2n) is 6.76. The summed E-state index contributed by atoms with van der Waals surface area (Å²) in [5.41, 5.74) is 11.2. The number of allylic oxidation sites excluding steroid dienone is 2. The number of carbonyl (C=O) groups is 1. The van der Waals surface area contributed by atoms with E-state index in [-0.39, 0.29) is 11.4 Å². The minimum absolute atomic E-state index is 0.0837. The van der Waals surface area contributed by atoms with Gasteiger partial charge in [-0.1, -0.05) is 36.4 Å². The quantitative estimate of drug-likeness (QED) is 0.594. The number of urea groups is 1. The molecule has 0 heterocycles.